The van der Waals surface area contributed by atoms with Gasteiger partial charge in [-0.2, -0.15) is 4.98 Å². The number of aryl methyl sites for hydroxylation is 1. The molecule has 0 saturated carbocycles. The van der Waals surface area contributed by atoms with Crippen LogP contribution in [-0.2, 0) is 20.1 Å². The summed E-state index contributed by atoms with van der Waals surface area (Å²) in [5, 5.41) is 0. The van der Waals surface area contributed by atoms with Crippen molar-refractivity contribution < 1.29 is 4.39 Å². The van der Waals surface area contributed by atoms with E-state index in [9.17, 15) is 14.0 Å². The van der Waals surface area contributed by atoms with Gasteiger partial charge in [-0.25, -0.2) is 9.18 Å². The zero-order chi connectivity index (χ0) is 21.7. The molecule has 5 rings (SSSR count). The van der Waals surface area contributed by atoms with E-state index >= 15 is 0 Å². The Morgan fingerprint density at radius 1 is 1.03 bits per heavy atom. The van der Waals surface area contributed by atoms with E-state index in [1.165, 1.54) is 10.6 Å². The fraction of sp³-hybridized carbons (Fsp3) is 0.261. The Balaban J connectivity index is 1.74. The molecule has 31 heavy (non-hydrogen) atoms. The zero-order valence-electron chi connectivity index (χ0n) is 17.3. The average Bonchev–Trinajstić information content (AvgIpc) is 3.16. The number of para-hydroxylation sites is 1. The molecule has 0 spiro atoms. The molecule has 1 aliphatic heterocycles. The van der Waals surface area contributed by atoms with Crippen LogP contribution in [0.1, 0.15) is 12.5 Å². The standard InChI is InChI=1S/C23H22FN5O2/c1-15-12-27(17-9-4-3-5-10-17)22-25-20-19(28(22)13-15)21(30)29(23(31)26(20)2)14-16-8-6-7-11-18(16)24/h3-11,15H,12-14H2,1-2H3/t15-/m1/s1. The highest BCUT2D eigenvalue weighted by molar-refractivity contribution is 5.77. The summed E-state index contributed by atoms with van der Waals surface area (Å²) < 4.78 is 18.6. The lowest BCUT2D eigenvalue weighted by Crippen LogP contribution is -2.40. The third kappa shape index (κ3) is 3.06. The van der Waals surface area contributed by atoms with Crippen LogP contribution in [0.15, 0.2) is 64.2 Å². The molecule has 0 fully saturated rings. The van der Waals surface area contributed by atoms with Crippen LogP contribution in [0.4, 0.5) is 16.0 Å². The van der Waals surface area contributed by atoms with E-state index in [0.717, 1.165) is 16.8 Å². The number of fused-ring (bicyclic) bond motifs is 3. The molecular weight excluding hydrogens is 397 g/mol. The van der Waals surface area contributed by atoms with Crippen molar-refractivity contribution >= 4 is 22.8 Å². The lowest BCUT2D eigenvalue weighted by atomic mass is 10.1. The van der Waals surface area contributed by atoms with E-state index in [1.54, 1.807) is 25.2 Å². The summed E-state index contributed by atoms with van der Waals surface area (Å²) in [4.78, 5) is 33.2. The van der Waals surface area contributed by atoms with Crippen molar-refractivity contribution in [1.82, 2.24) is 18.7 Å². The number of imidazole rings is 1. The maximum absolute atomic E-state index is 14.2. The third-order valence-corrected chi connectivity index (χ3v) is 5.80. The molecule has 0 amide bonds. The van der Waals surface area contributed by atoms with Gasteiger partial charge in [0.05, 0.1) is 6.54 Å². The van der Waals surface area contributed by atoms with Crippen molar-refractivity contribution in [2.24, 2.45) is 13.0 Å². The number of halogens is 1. The van der Waals surface area contributed by atoms with Crippen LogP contribution >= 0.6 is 0 Å². The van der Waals surface area contributed by atoms with Gasteiger partial charge in [-0.3, -0.25) is 13.9 Å². The first-order valence-corrected chi connectivity index (χ1v) is 10.2. The Kier molecular flexibility index (Phi) is 4.50. The summed E-state index contributed by atoms with van der Waals surface area (Å²) >= 11 is 0. The first-order valence-electron chi connectivity index (χ1n) is 10.2. The van der Waals surface area contributed by atoms with Crippen LogP contribution in [0, 0.1) is 11.7 Å². The van der Waals surface area contributed by atoms with Crippen LogP contribution < -0.4 is 16.1 Å². The first-order chi connectivity index (χ1) is 15.0. The predicted octanol–water partition coefficient (Wildman–Crippen LogP) is 2.87. The average molecular weight is 419 g/mol. The number of hydrogen-bond donors (Lipinski definition) is 0. The van der Waals surface area contributed by atoms with Crippen molar-refractivity contribution in [3.8, 4) is 0 Å². The summed E-state index contributed by atoms with van der Waals surface area (Å²) in [7, 11) is 1.59. The largest absolute Gasteiger partial charge is 0.332 e. The number of aromatic nitrogens is 4. The van der Waals surface area contributed by atoms with Crippen molar-refractivity contribution in [1.29, 1.82) is 0 Å². The normalized spacial score (nSPS) is 16.0. The molecule has 158 valence electrons. The maximum Gasteiger partial charge on any atom is 0.332 e. The molecule has 3 heterocycles. The third-order valence-electron chi connectivity index (χ3n) is 5.80. The summed E-state index contributed by atoms with van der Waals surface area (Å²) in [5.41, 5.74) is 0.990. The number of benzene rings is 2. The van der Waals surface area contributed by atoms with Crippen LogP contribution in [-0.4, -0.2) is 25.2 Å². The molecule has 0 bridgehead atoms. The van der Waals surface area contributed by atoms with Gasteiger partial charge in [-0.05, 0) is 24.1 Å². The Labute approximate surface area is 177 Å². The van der Waals surface area contributed by atoms with Gasteiger partial charge in [0.25, 0.3) is 5.56 Å². The van der Waals surface area contributed by atoms with Gasteiger partial charge in [0.1, 0.15) is 5.82 Å². The van der Waals surface area contributed by atoms with E-state index in [0.29, 0.717) is 29.2 Å². The minimum absolute atomic E-state index is 0.132. The molecule has 2 aromatic heterocycles. The molecule has 4 aromatic rings. The highest BCUT2D eigenvalue weighted by atomic mass is 19.1. The molecule has 8 heteroatoms. The minimum Gasteiger partial charge on any atom is -0.312 e. The van der Waals surface area contributed by atoms with Gasteiger partial charge in [0.2, 0.25) is 5.95 Å². The molecule has 0 unspecified atom stereocenters. The quantitative estimate of drug-likeness (QED) is 0.512. The lowest BCUT2D eigenvalue weighted by molar-refractivity contribution is 0.458. The molecule has 0 radical (unpaired) electrons. The Bertz CT molecular complexity index is 1400. The van der Waals surface area contributed by atoms with Gasteiger partial charge in [-0.1, -0.05) is 43.3 Å². The summed E-state index contributed by atoms with van der Waals surface area (Å²) in [6.07, 6.45) is 0. The Morgan fingerprint density at radius 2 is 1.74 bits per heavy atom. The first kappa shape index (κ1) is 19.3. The SMILES string of the molecule is C[C@@H]1CN(c2ccccc2)c2nc3c(c(=O)n(Cc4ccccc4F)c(=O)n3C)n2C1. The second-order valence-corrected chi connectivity index (χ2v) is 8.07. The topological polar surface area (TPSA) is 65.1 Å². The van der Waals surface area contributed by atoms with E-state index in [1.807, 2.05) is 34.9 Å². The number of rotatable bonds is 3. The van der Waals surface area contributed by atoms with Crippen LogP contribution in [0.5, 0.6) is 0 Å². The van der Waals surface area contributed by atoms with Crippen molar-refractivity contribution in [2.45, 2.75) is 20.0 Å². The summed E-state index contributed by atoms with van der Waals surface area (Å²) in [5.74, 6) is 0.451. The van der Waals surface area contributed by atoms with Gasteiger partial charge < -0.3 is 9.47 Å². The lowest BCUT2D eigenvalue weighted by Gasteiger charge is -2.32. The Hall–Kier alpha value is -3.68. The van der Waals surface area contributed by atoms with Crippen molar-refractivity contribution in [3.63, 3.8) is 0 Å². The summed E-state index contributed by atoms with van der Waals surface area (Å²) in [6, 6.07) is 16.0. The highest BCUT2D eigenvalue weighted by Crippen LogP contribution is 2.32. The molecule has 7 nitrogen and oxygen atoms in total. The Morgan fingerprint density at radius 3 is 2.48 bits per heavy atom. The molecule has 0 aliphatic carbocycles. The fourth-order valence-electron chi connectivity index (χ4n) is 4.27. The monoisotopic (exact) mass is 419 g/mol. The second kappa shape index (κ2) is 7.23. The molecule has 0 saturated heterocycles. The van der Waals surface area contributed by atoms with Crippen molar-refractivity contribution in [2.75, 3.05) is 11.4 Å². The zero-order valence-corrected chi connectivity index (χ0v) is 17.3. The predicted molar refractivity (Wildman–Crippen MR) is 117 cm³/mol. The number of hydrogen-bond acceptors (Lipinski definition) is 4. The number of nitrogens with zero attached hydrogens (tertiary/aromatic N) is 5. The van der Waals surface area contributed by atoms with E-state index in [2.05, 4.69) is 11.8 Å². The number of anilines is 2. The molecule has 1 aliphatic rings. The van der Waals surface area contributed by atoms with Gasteiger partial charge in [0, 0.05) is 31.4 Å². The van der Waals surface area contributed by atoms with Gasteiger partial charge in [0.15, 0.2) is 11.2 Å². The van der Waals surface area contributed by atoms with E-state index in [-0.39, 0.29) is 12.5 Å². The van der Waals surface area contributed by atoms with Gasteiger partial charge in [-0.15, -0.1) is 0 Å². The highest BCUT2D eigenvalue weighted by Gasteiger charge is 2.29. The van der Waals surface area contributed by atoms with E-state index < -0.39 is 17.1 Å². The fourth-order valence-corrected chi connectivity index (χ4v) is 4.27. The van der Waals surface area contributed by atoms with Crippen LogP contribution in [0.3, 0.4) is 0 Å². The van der Waals surface area contributed by atoms with Crippen molar-refractivity contribution in [3.05, 3.63) is 86.8 Å². The second-order valence-electron chi connectivity index (χ2n) is 8.07. The summed E-state index contributed by atoms with van der Waals surface area (Å²) in [6.45, 7) is 3.35. The maximum atomic E-state index is 14.2. The van der Waals surface area contributed by atoms with Gasteiger partial charge >= 0.3 is 5.69 Å². The smallest absolute Gasteiger partial charge is 0.312 e. The van der Waals surface area contributed by atoms with E-state index in [4.69, 9.17) is 4.98 Å². The van der Waals surface area contributed by atoms with Crippen LogP contribution in [0.2, 0.25) is 0 Å². The minimum atomic E-state index is -0.518. The molecular formula is C23H22FN5O2. The molecule has 2 aromatic carbocycles. The molecule has 0 N–H and O–H groups in total. The molecule has 1 atom stereocenters. The van der Waals surface area contributed by atoms with Crippen LogP contribution in [0.25, 0.3) is 11.2 Å².